The zero-order chi connectivity index (χ0) is 25.2. The average molecular weight is 484 g/mol. The minimum absolute atomic E-state index is 0.0760. The van der Waals surface area contributed by atoms with Crippen LogP contribution >= 0.6 is 0 Å². The van der Waals surface area contributed by atoms with Crippen LogP contribution in [0.1, 0.15) is 34.3 Å². The third-order valence-electron chi connectivity index (χ3n) is 6.26. The smallest absolute Gasteiger partial charge is 0.337 e. The normalized spacial score (nSPS) is 13.9. The predicted octanol–water partition coefficient (Wildman–Crippen LogP) is 4.96. The van der Waals surface area contributed by atoms with Crippen molar-refractivity contribution in [3.8, 4) is 11.6 Å². The highest BCUT2D eigenvalue weighted by molar-refractivity contribution is 6.22. The first-order valence-corrected chi connectivity index (χ1v) is 11.6. The van der Waals surface area contributed by atoms with Crippen LogP contribution < -0.4 is 9.64 Å². The molecule has 4 aromatic rings. The van der Waals surface area contributed by atoms with E-state index < -0.39 is 5.97 Å². The summed E-state index contributed by atoms with van der Waals surface area (Å²) in [7, 11) is 2.88. The van der Waals surface area contributed by atoms with Gasteiger partial charge in [0, 0.05) is 41.2 Å². The molecule has 0 spiro atoms. The number of carbonyl (C=O) groups is 2. The highest BCUT2D eigenvalue weighted by atomic mass is 16.5. The van der Waals surface area contributed by atoms with Gasteiger partial charge < -0.3 is 24.5 Å². The second-order valence-electron chi connectivity index (χ2n) is 8.43. The molecule has 1 amide bonds. The molecule has 1 aromatic heterocycles. The summed E-state index contributed by atoms with van der Waals surface area (Å²) in [6, 6.07) is 20.0. The van der Waals surface area contributed by atoms with Crippen LogP contribution in [0.5, 0.6) is 11.6 Å². The van der Waals surface area contributed by atoms with Crippen molar-refractivity contribution in [2.75, 3.05) is 25.7 Å². The van der Waals surface area contributed by atoms with Crippen LogP contribution in [0.3, 0.4) is 0 Å². The van der Waals surface area contributed by atoms with E-state index >= 15 is 0 Å². The van der Waals surface area contributed by atoms with Crippen LogP contribution in [0.15, 0.2) is 71.7 Å². The van der Waals surface area contributed by atoms with Gasteiger partial charge in [-0.2, -0.15) is 0 Å². The van der Waals surface area contributed by atoms with E-state index in [2.05, 4.69) is 4.98 Å². The van der Waals surface area contributed by atoms with Crippen LogP contribution in [0.2, 0.25) is 0 Å². The molecule has 1 fully saturated rings. The van der Waals surface area contributed by atoms with Gasteiger partial charge in [-0.15, -0.1) is 0 Å². The molecule has 0 atom stereocenters. The lowest BCUT2D eigenvalue weighted by Crippen LogP contribution is -2.23. The van der Waals surface area contributed by atoms with E-state index in [-0.39, 0.29) is 11.8 Å². The third-order valence-corrected chi connectivity index (χ3v) is 6.26. The lowest BCUT2D eigenvalue weighted by atomic mass is 10.00. The van der Waals surface area contributed by atoms with Gasteiger partial charge in [-0.3, -0.25) is 4.79 Å². The first kappa shape index (κ1) is 23.2. The van der Waals surface area contributed by atoms with Crippen molar-refractivity contribution >= 4 is 39.9 Å². The minimum Gasteiger partial charge on any atom is -0.494 e. The molecule has 0 unspecified atom stereocenters. The number of esters is 1. The van der Waals surface area contributed by atoms with E-state index in [9.17, 15) is 14.7 Å². The summed E-state index contributed by atoms with van der Waals surface area (Å²) in [5.74, 6) is 0.0555. The maximum absolute atomic E-state index is 12.2. The first-order valence-electron chi connectivity index (χ1n) is 11.6. The Labute approximate surface area is 207 Å². The fourth-order valence-electron chi connectivity index (χ4n) is 4.50. The Morgan fingerprint density at radius 3 is 2.53 bits per heavy atom. The molecule has 0 saturated carbocycles. The van der Waals surface area contributed by atoms with Crippen molar-refractivity contribution in [1.82, 2.24) is 4.98 Å². The van der Waals surface area contributed by atoms with E-state index in [0.29, 0.717) is 52.1 Å². The summed E-state index contributed by atoms with van der Waals surface area (Å²) in [5, 5.41) is 11.6. The number of rotatable bonds is 6. The zero-order valence-corrected chi connectivity index (χ0v) is 19.9. The fraction of sp³-hybridized carbons (Fsp3) is 0.179. The summed E-state index contributed by atoms with van der Waals surface area (Å²) in [6.45, 7) is 0.677. The molecule has 1 aliphatic rings. The number of aliphatic imine (C=N–C) groups is 1. The van der Waals surface area contributed by atoms with Crippen molar-refractivity contribution in [2.24, 2.45) is 4.99 Å². The van der Waals surface area contributed by atoms with Gasteiger partial charge in [0.15, 0.2) is 5.88 Å². The number of benzene rings is 3. The number of aromatic nitrogens is 1. The van der Waals surface area contributed by atoms with Crippen molar-refractivity contribution < 1.29 is 24.2 Å². The van der Waals surface area contributed by atoms with E-state index in [1.165, 1.54) is 7.11 Å². The Bertz CT molecular complexity index is 1490. The maximum Gasteiger partial charge on any atom is 0.337 e. The van der Waals surface area contributed by atoms with Crippen molar-refractivity contribution in [1.29, 1.82) is 0 Å². The van der Waals surface area contributed by atoms with Gasteiger partial charge >= 0.3 is 5.97 Å². The number of fused-ring (bicyclic) bond motifs is 1. The molecular weight excluding hydrogens is 458 g/mol. The van der Waals surface area contributed by atoms with Crippen LogP contribution in [0, 0.1) is 0 Å². The second kappa shape index (κ2) is 9.58. The molecule has 1 saturated heterocycles. The number of aromatic hydroxyl groups is 1. The number of aromatic amines is 1. The maximum atomic E-state index is 12.2. The number of hydrogen-bond acceptors (Lipinski definition) is 6. The Morgan fingerprint density at radius 1 is 1.03 bits per heavy atom. The number of ether oxygens (including phenoxy) is 2. The molecule has 182 valence electrons. The Hall–Kier alpha value is -4.59. The van der Waals surface area contributed by atoms with E-state index in [1.807, 2.05) is 48.5 Å². The standard InChI is InChI=1S/C28H25N3O5/c1-35-23-16-19(31-14-6-9-24(31)32)11-13-21(23)29-26(17-7-4-3-5-8-17)25-20-12-10-18(28(34)36-2)15-22(20)30-27(25)33/h3-5,7-8,10-13,15-16,30,33H,6,9,14H2,1-2H3. The molecule has 3 aromatic carbocycles. The Kier molecular flexibility index (Phi) is 6.16. The van der Waals surface area contributed by atoms with E-state index in [0.717, 1.165) is 17.7 Å². The summed E-state index contributed by atoms with van der Waals surface area (Å²) in [6.07, 6.45) is 1.37. The average Bonchev–Trinajstić information content (AvgIpc) is 3.48. The van der Waals surface area contributed by atoms with E-state index in [1.54, 1.807) is 30.2 Å². The van der Waals surface area contributed by atoms with Gasteiger partial charge in [-0.25, -0.2) is 9.79 Å². The van der Waals surface area contributed by atoms with Gasteiger partial charge in [-0.1, -0.05) is 36.4 Å². The molecule has 0 aliphatic carbocycles. The predicted molar refractivity (Wildman–Crippen MR) is 138 cm³/mol. The van der Waals surface area contributed by atoms with Crippen molar-refractivity contribution in [2.45, 2.75) is 12.8 Å². The number of hydrogen-bond donors (Lipinski definition) is 2. The van der Waals surface area contributed by atoms with Gasteiger partial charge in [0.05, 0.1) is 31.1 Å². The molecular formula is C28H25N3O5. The summed E-state index contributed by atoms with van der Waals surface area (Å²) >= 11 is 0. The highest BCUT2D eigenvalue weighted by Crippen LogP contribution is 2.37. The quantitative estimate of drug-likeness (QED) is 0.298. The fourth-order valence-corrected chi connectivity index (χ4v) is 4.50. The van der Waals surface area contributed by atoms with E-state index in [4.69, 9.17) is 14.5 Å². The largest absolute Gasteiger partial charge is 0.494 e. The van der Waals surface area contributed by atoms with Gasteiger partial charge in [0.25, 0.3) is 0 Å². The van der Waals surface area contributed by atoms with Crippen LogP contribution in [0.4, 0.5) is 11.4 Å². The third kappa shape index (κ3) is 4.17. The number of amides is 1. The van der Waals surface area contributed by atoms with Crippen LogP contribution in [0.25, 0.3) is 10.9 Å². The molecule has 36 heavy (non-hydrogen) atoms. The zero-order valence-electron chi connectivity index (χ0n) is 19.9. The topological polar surface area (TPSA) is 104 Å². The number of anilines is 1. The lowest BCUT2D eigenvalue weighted by Gasteiger charge is -2.17. The number of nitrogens with zero attached hydrogens (tertiary/aromatic N) is 2. The molecule has 1 aliphatic heterocycles. The highest BCUT2D eigenvalue weighted by Gasteiger charge is 2.24. The molecule has 0 bridgehead atoms. The van der Waals surface area contributed by atoms with Crippen molar-refractivity contribution in [3.63, 3.8) is 0 Å². The van der Waals surface area contributed by atoms with Gasteiger partial charge in [-0.05, 0) is 30.7 Å². The summed E-state index contributed by atoms with van der Waals surface area (Å²) < 4.78 is 10.5. The lowest BCUT2D eigenvalue weighted by molar-refractivity contribution is -0.117. The minimum atomic E-state index is -0.467. The number of nitrogens with one attached hydrogen (secondary N) is 1. The van der Waals surface area contributed by atoms with Crippen molar-refractivity contribution in [3.05, 3.63) is 83.4 Å². The summed E-state index contributed by atoms with van der Waals surface area (Å²) in [5.41, 5.74) is 4.05. The second-order valence-corrected chi connectivity index (χ2v) is 8.43. The number of carbonyl (C=O) groups excluding carboxylic acids is 2. The molecule has 8 heteroatoms. The van der Waals surface area contributed by atoms with Crippen LogP contribution in [-0.4, -0.2) is 48.4 Å². The molecule has 0 radical (unpaired) electrons. The monoisotopic (exact) mass is 483 g/mol. The Balaban J connectivity index is 1.67. The van der Waals surface area contributed by atoms with Gasteiger partial charge in [0.1, 0.15) is 11.4 Å². The molecule has 2 N–H and O–H groups in total. The SMILES string of the molecule is COC(=O)c1ccc2c(C(=Nc3ccc(N4CCCC4=O)cc3OC)c3ccccc3)c(O)[nH]c2c1. The summed E-state index contributed by atoms with van der Waals surface area (Å²) in [4.78, 5) is 33.9. The van der Waals surface area contributed by atoms with Gasteiger partial charge in [0.2, 0.25) is 5.91 Å². The molecule has 5 rings (SSSR count). The molecule has 8 nitrogen and oxygen atoms in total. The van der Waals surface area contributed by atoms with Crippen LogP contribution in [-0.2, 0) is 9.53 Å². The number of H-pyrrole nitrogens is 1. The molecule has 2 heterocycles. The number of methoxy groups -OCH3 is 2. The first-order chi connectivity index (χ1) is 17.5. The Morgan fingerprint density at radius 2 is 1.83 bits per heavy atom.